The zero-order valence-corrected chi connectivity index (χ0v) is 20.3. The minimum atomic E-state index is 0.0920. The molecule has 2 heterocycles. The van der Waals surface area contributed by atoms with Crippen LogP contribution in [0.15, 0.2) is 52.3 Å². The van der Waals surface area contributed by atoms with Crippen molar-refractivity contribution in [3.8, 4) is 0 Å². The number of morpholine rings is 1. The van der Waals surface area contributed by atoms with E-state index in [9.17, 15) is 4.79 Å². The summed E-state index contributed by atoms with van der Waals surface area (Å²) in [5.74, 6) is 0.0920. The molecule has 0 spiro atoms. The molecule has 0 N–H and O–H groups in total. The highest BCUT2D eigenvalue weighted by molar-refractivity contribution is 7.98. The molecule has 8 heteroatoms. The average molecular weight is 474 g/mol. The Hall–Kier alpha value is -1.58. The van der Waals surface area contributed by atoms with Gasteiger partial charge in [-0.15, -0.1) is 23.5 Å². The molecule has 164 valence electrons. The Morgan fingerprint density at radius 1 is 1.10 bits per heavy atom. The van der Waals surface area contributed by atoms with Crippen molar-refractivity contribution in [3.63, 3.8) is 0 Å². The first-order chi connectivity index (χ1) is 15.2. The Kier molecular flexibility index (Phi) is 7.90. The van der Waals surface area contributed by atoms with Gasteiger partial charge in [0.25, 0.3) is 0 Å². The standard InChI is InChI=1S/C23H27N3O2S3/c1-29-18-5-3-17(4-6-18)15-22(27)26(10-9-25-11-13-28-14-12-25)23-24-20-8-7-19(30-2)16-21(20)31-23/h3-8,16H,9-15H2,1-2H3. The molecule has 5 nitrogen and oxygen atoms in total. The van der Waals surface area contributed by atoms with Crippen LogP contribution in [-0.2, 0) is 16.0 Å². The van der Waals surface area contributed by atoms with Crippen molar-refractivity contribution in [2.24, 2.45) is 0 Å². The molecule has 1 aromatic heterocycles. The largest absolute Gasteiger partial charge is 0.379 e. The molecule has 0 atom stereocenters. The van der Waals surface area contributed by atoms with Gasteiger partial charge >= 0.3 is 0 Å². The van der Waals surface area contributed by atoms with E-state index in [1.807, 2.05) is 23.1 Å². The van der Waals surface area contributed by atoms with Crippen molar-refractivity contribution in [1.29, 1.82) is 0 Å². The summed E-state index contributed by atoms with van der Waals surface area (Å²) in [6.07, 6.45) is 4.51. The van der Waals surface area contributed by atoms with Crippen LogP contribution < -0.4 is 4.90 Å². The molecule has 0 bridgehead atoms. The van der Waals surface area contributed by atoms with Gasteiger partial charge in [-0.05, 0) is 48.4 Å². The van der Waals surface area contributed by atoms with E-state index in [2.05, 4.69) is 41.7 Å². The highest BCUT2D eigenvalue weighted by Crippen LogP contribution is 2.32. The molecule has 1 saturated heterocycles. The second-order valence-corrected chi connectivity index (χ2v) is 10.1. The molecule has 0 unspecified atom stereocenters. The van der Waals surface area contributed by atoms with E-state index in [4.69, 9.17) is 9.72 Å². The lowest BCUT2D eigenvalue weighted by Crippen LogP contribution is -2.43. The molecule has 1 aliphatic rings. The fourth-order valence-electron chi connectivity index (χ4n) is 3.54. The van der Waals surface area contributed by atoms with Gasteiger partial charge < -0.3 is 4.74 Å². The molecule has 1 fully saturated rings. The van der Waals surface area contributed by atoms with Crippen molar-refractivity contribution in [2.75, 3.05) is 56.8 Å². The lowest BCUT2D eigenvalue weighted by molar-refractivity contribution is -0.118. The molecular formula is C23H27N3O2S3. The third-order valence-corrected chi connectivity index (χ3v) is 7.88. The first kappa shape index (κ1) is 22.6. The van der Waals surface area contributed by atoms with Gasteiger partial charge in [-0.3, -0.25) is 14.6 Å². The van der Waals surface area contributed by atoms with Gasteiger partial charge in [0.2, 0.25) is 5.91 Å². The summed E-state index contributed by atoms with van der Waals surface area (Å²) in [6.45, 7) is 4.80. The van der Waals surface area contributed by atoms with Gasteiger partial charge in [0.05, 0.1) is 29.9 Å². The molecular weight excluding hydrogens is 446 g/mol. The van der Waals surface area contributed by atoms with Crippen molar-refractivity contribution in [1.82, 2.24) is 9.88 Å². The number of thiazole rings is 1. The molecule has 0 radical (unpaired) electrons. The van der Waals surface area contributed by atoms with Crippen LogP contribution >= 0.6 is 34.9 Å². The summed E-state index contributed by atoms with van der Waals surface area (Å²) in [6, 6.07) is 14.5. The number of carbonyl (C=O) groups is 1. The normalized spacial score (nSPS) is 14.8. The van der Waals surface area contributed by atoms with Crippen LogP contribution in [-0.4, -0.2) is 67.7 Å². The third kappa shape index (κ3) is 5.81. The Bertz CT molecular complexity index is 1020. The Morgan fingerprint density at radius 2 is 1.81 bits per heavy atom. The molecule has 4 rings (SSSR count). The maximum atomic E-state index is 13.4. The van der Waals surface area contributed by atoms with Gasteiger partial charge in [-0.1, -0.05) is 23.5 Å². The molecule has 31 heavy (non-hydrogen) atoms. The summed E-state index contributed by atoms with van der Waals surface area (Å²) < 4.78 is 6.58. The van der Waals surface area contributed by atoms with Crippen LogP contribution in [0, 0.1) is 0 Å². The maximum Gasteiger partial charge on any atom is 0.233 e. The van der Waals surface area contributed by atoms with Crippen molar-refractivity contribution >= 4 is 56.1 Å². The van der Waals surface area contributed by atoms with Gasteiger partial charge in [0, 0.05) is 36.0 Å². The monoisotopic (exact) mass is 473 g/mol. The Morgan fingerprint density at radius 3 is 2.52 bits per heavy atom. The zero-order valence-electron chi connectivity index (χ0n) is 17.9. The fourth-order valence-corrected chi connectivity index (χ4v) is 5.51. The van der Waals surface area contributed by atoms with Crippen LogP contribution in [0.3, 0.4) is 0 Å². The van der Waals surface area contributed by atoms with E-state index in [1.54, 1.807) is 34.9 Å². The van der Waals surface area contributed by atoms with E-state index in [-0.39, 0.29) is 5.91 Å². The minimum absolute atomic E-state index is 0.0920. The molecule has 2 aromatic carbocycles. The van der Waals surface area contributed by atoms with Crippen LogP contribution in [0.25, 0.3) is 10.2 Å². The highest BCUT2D eigenvalue weighted by Gasteiger charge is 2.22. The smallest absolute Gasteiger partial charge is 0.233 e. The van der Waals surface area contributed by atoms with Gasteiger partial charge in [0.1, 0.15) is 0 Å². The SMILES string of the molecule is CSc1ccc(CC(=O)N(CCN2CCOCC2)c2nc3ccc(SC)cc3s2)cc1. The Balaban J connectivity index is 1.55. The Labute approximate surface area is 196 Å². The second kappa shape index (κ2) is 10.8. The predicted octanol–water partition coefficient (Wildman–Crippen LogP) is 4.65. The number of rotatable bonds is 8. The maximum absolute atomic E-state index is 13.4. The molecule has 0 aliphatic carbocycles. The number of fused-ring (bicyclic) bond motifs is 1. The highest BCUT2D eigenvalue weighted by atomic mass is 32.2. The summed E-state index contributed by atoms with van der Waals surface area (Å²) in [4.78, 5) is 24.8. The fraction of sp³-hybridized carbons (Fsp3) is 0.391. The molecule has 3 aromatic rings. The van der Waals surface area contributed by atoms with Crippen LogP contribution in [0.4, 0.5) is 5.13 Å². The van der Waals surface area contributed by atoms with E-state index in [0.717, 1.165) is 53.8 Å². The zero-order chi connectivity index (χ0) is 21.6. The van der Waals surface area contributed by atoms with Crippen molar-refractivity contribution in [2.45, 2.75) is 16.2 Å². The van der Waals surface area contributed by atoms with E-state index in [0.29, 0.717) is 13.0 Å². The van der Waals surface area contributed by atoms with E-state index < -0.39 is 0 Å². The lowest BCUT2D eigenvalue weighted by atomic mass is 10.1. The number of amides is 1. The summed E-state index contributed by atoms with van der Waals surface area (Å²) in [5.41, 5.74) is 1.98. The third-order valence-electron chi connectivity index (χ3n) is 5.37. The van der Waals surface area contributed by atoms with Crippen LogP contribution in [0.2, 0.25) is 0 Å². The van der Waals surface area contributed by atoms with Gasteiger partial charge in [0.15, 0.2) is 5.13 Å². The second-order valence-electron chi connectivity index (χ2n) is 7.35. The number of thioether (sulfide) groups is 2. The number of benzene rings is 2. The van der Waals surface area contributed by atoms with Gasteiger partial charge in [-0.25, -0.2) is 4.98 Å². The van der Waals surface area contributed by atoms with E-state index >= 15 is 0 Å². The topological polar surface area (TPSA) is 45.7 Å². The minimum Gasteiger partial charge on any atom is -0.379 e. The first-order valence-electron chi connectivity index (χ1n) is 10.3. The van der Waals surface area contributed by atoms with Crippen molar-refractivity contribution in [3.05, 3.63) is 48.0 Å². The number of aromatic nitrogens is 1. The summed E-state index contributed by atoms with van der Waals surface area (Å²) in [5, 5.41) is 0.784. The predicted molar refractivity (Wildman–Crippen MR) is 133 cm³/mol. The molecule has 1 amide bonds. The summed E-state index contributed by atoms with van der Waals surface area (Å²) in [7, 11) is 0. The van der Waals surface area contributed by atoms with Crippen LogP contribution in [0.5, 0.6) is 0 Å². The number of nitrogens with zero attached hydrogens (tertiary/aromatic N) is 3. The number of anilines is 1. The van der Waals surface area contributed by atoms with Crippen molar-refractivity contribution < 1.29 is 9.53 Å². The number of hydrogen-bond acceptors (Lipinski definition) is 7. The number of ether oxygens (including phenoxy) is 1. The summed E-state index contributed by atoms with van der Waals surface area (Å²) >= 11 is 5.03. The van der Waals surface area contributed by atoms with Gasteiger partial charge in [-0.2, -0.15) is 0 Å². The molecule has 0 saturated carbocycles. The molecule has 1 aliphatic heterocycles. The number of hydrogen-bond donors (Lipinski definition) is 0. The first-order valence-corrected chi connectivity index (χ1v) is 13.6. The van der Waals surface area contributed by atoms with Crippen LogP contribution in [0.1, 0.15) is 5.56 Å². The lowest BCUT2D eigenvalue weighted by Gasteiger charge is -2.29. The number of carbonyl (C=O) groups excluding carboxylic acids is 1. The quantitative estimate of drug-likeness (QED) is 0.444. The van der Waals surface area contributed by atoms with E-state index in [1.165, 1.54) is 9.79 Å². The average Bonchev–Trinajstić information content (AvgIpc) is 3.23.